The number of ether oxygens (including phenoxy) is 1. The summed E-state index contributed by atoms with van der Waals surface area (Å²) in [5.74, 6) is -0.204. The van der Waals surface area contributed by atoms with Gasteiger partial charge >= 0.3 is 5.97 Å². The van der Waals surface area contributed by atoms with Gasteiger partial charge in [0.2, 0.25) is 5.91 Å². The Morgan fingerprint density at radius 2 is 2.00 bits per heavy atom. The van der Waals surface area contributed by atoms with Crippen molar-refractivity contribution in [3.63, 3.8) is 0 Å². The highest BCUT2D eigenvalue weighted by Crippen LogP contribution is 2.28. The number of nitrogens with zero attached hydrogens (tertiary/aromatic N) is 1. The topological polar surface area (TPSA) is 58.6 Å². The molecule has 0 radical (unpaired) electrons. The van der Waals surface area contributed by atoms with Crippen molar-refractivity contribution >= 4 is 11.9 Å². The number of benzene rings is 1. The normalized spacial score (nSPS) is 25.3. The lowest BCUT2D eigenvalue weighted by Crippen LogP contribution is -2.48. The molecule has 1 aromatic rings. The van der Waals surface area contributed by atoms with E-state index in [1.165, 1.54) is 0 Å². The number of amides is 1. The molecule has 22 heavy (non-hydrogen) atoms. The monoisotopic (exact) mass is 302 g/mol. The van der Waals surface area contributed by atoms with Crippen LogP contribution in [0.25, 0.3) is 0 Å². The predicted octanol–water partition coefficient (Wildman–Crippen LogP) is 1.47. The third-order valence-electron chi connectivity index (χ3n) is 4.46. The van der Waals surface area contributed by atoms with Gasteiger partial charge in [0, 0.05) is 19.0 Å². The minimum absolute atomic E-state index is 0.0661. The molecule has 0 aromatic heterocycles. The van der Waals surface area contributed by atoms with E-state index < -0.39 is 6.04 Å². The highest BCUT2D eigenvalue weighted by Gasteiger charge is 2.41. The van der Waals surface area contributed by atoms with Gasteiger partial charge in [-0.2, -0.15) is 0 Å². The number of hydrogen-bond acceptors (Lipinski definition) is 4. The summed E-state index contributed by atoms with van der Waals surface area (Å²) in [6.45, 7) is 1.86. The van der Waals surface area contributed by atoms with Crippen LogP contribution >= 0.6 is 0 Å². The molecule has 2 heterocycles. The molecule has 0 bridgehead atoms. The van der Waals surface area contributed by atoms with Crippen LogP contribution in [0.3, 0.4) is 0 Å². The fourth-order valence-electron chi connectivity index (χ4n) is 3.32. The van der Waals surface area contributed by atoms with Gasteiger partial charge in [-0.3, -0.25) is 4.79 Å². The Bertz CT molecular complexity index is 532. The lowest BCUT2D eigenvalue weighted by Gasteiger charge is -2.31. The van der Waals surface area contributed by atoms with Crippen LogP contribution in [0.1, 0.15) is 31.2 Å². The molecule has 1 N–H and O–H groups in total. The van der Waals surface area contributed by atoms with Gasteiger partial charge < -0.3 is 15.0 Å². The zero-order valence-electron chi connectivity index (χ0n) is 12.7. The molecule has 0 spiro atoms. The molecular weight excluding hydrogens is 280 g/mol. The van der Waals surface area contributed by atoms with E-state index in [0.29, 0.717) is 19.4 Å². The Kier molecular flexibility index (Phi) is 4.73. The molecule has 5 heteroatoms. The molecule has 2 aliphatic heterocycles. The molecule has 118 valence electrons. The van der Waals surface area contributed by atoms with Crippen molar-refractivity contribution in [2.75, 3.05) is 13.1 Å². The molecule has 2 aliphatic rings. The SMILES string of the molecule is O=C(OCc1ccccc1)C1CCC2CCNCCC(=O)N21. The smallest absolute Gasteiger partial charge is 0.329 e. The molecule has 1 amide bonds. The number of carbonyl (C=O) groups is 2. The summed E-state index contributed by atoms with van der Waals surface area (Å²) in [5.41, 5.74) is 0.966. The van der Waals surface area contributed by atoms with Crippen molar-refractivity contribution < 1.29 is 14.3 Å². The van der Waals surface area contributed by atoms with Crippen molar-refractivity contribution in [1.82, 2.24) is 10.2 Å². The standard InChI is InChI=1S/C17H22N2O3/c20-16-9-11-18-10-8-14-6-7-15(19(14)16)17(21)22-12-13-4-2-1-3-5-13/h1-5,14-15,18H,6-12H2. The fourth-order valence-corrected chi connectivity index (χ4v) is 3.32. The van der Waals surface area contributed by atoms with Crippen molar-refractivity contribution in [3.8, 4) is 0 Å². The van der Waals surface area contributed by atoms with Gasteiger partial charge in [0.05, 0.1) is 0 Å². The first-order valence-electron chi connectivity index (χ1n) is 7.98. The Morgan fingerprint density at radius 3 is 2.82 bits per heavy atom. The van der Waals surface area contributed by atoms with Gasteiger partial charge in [-0.05, 0) is 31.4 Å². The van der Waals surface area contributed by atoms with E-state index in [1.807, 2.05) is 30.3 Å². The molecular formula is C17H22N2O3. The minimum Gasteiger partial charge on any atom is -0.459 e. The van der Waals surface area contributed by atoms with E-state index >= 15 is 0 Å². The Labute approximate surface area is 130 Å². The summed E-state index contributed by atoms with van der Waals surface area (Å²) in [6, 6.07) is 9.40. The zero-order chi connectivity index (χ0) is 15.4. The maximum Gasteiger partial charge on any atom is 0.329 e. The summed E-state index contributed by atoms with van der Waals surface area (Å²) >= 11 is 0. The van der Waals surface area contributed by atoms with E-state index in [2.05, 4.69) is 5.32 Å². The average Bonchev–Trinajstić information content (AvgIpc) is 2.94. The van der Waals surface area contributed by atoms with E-state index in [-0.39, 0.29) is 24.5 Å². The van der Waals surface area contributed by atoms with Crippen LogP contribution < -0.4 is 5.32 Å². The Hall–Kier alpha value is -1.88. The first kappa shape index (κ1) is 15.0. The second-order valence-corrected chi connectivity index (χ2v) is 5.93. The number of rotatable bonds is 3. The number of fused-ring (bicyclic) bond motifs is 1. The lowest BCUT2D eigenvalue weighted by atomic mass is 10.1. The van der Waals surface area contributed by atoms with Crippen LogP contribution in [0, 0.1) is 0 Å². The largest absolute Gasteiger partial charge is 0.459 e. The van der Waals surface area contributed by atoms with Crippen LogP contribution in [0.4, 0.5) is 0 Å². The number of nitrogens with one attached hydrogen (secondary N) is 1. The molecule has 1 aromatic carbocycles. The van der Waals surface area contributed by atoms with Gasteiger partial charge in [0.25, 0.3) is 0 Å². The molecule has 5 nitrogen and oxygen atoms in total. The average molecular weight is 302 g/mol. The minimum atomic E-state index is -0.403. The molecule has 2 saturated heterocycles. The Morgan fingerprint density at radius 1 is 1.18 bits per heavy atom. The zero-order valence-corrected chi connectivity index (χ0v) is 12.7. The third-order valence-corrected chi connectivity index (χ3v) is 4.46. The number of hydrogen-bond donors (Lipinski definition) is 1. The van der Waals surface area contributed by atoms with Crippen molar-refractivity contribution in [3.05, 3.63) is 35.9 Å². The molecule has 2 atom stereocenters. The molecule has 2 unspecified atom stereocenters. The van der Waals surface area contributed by atoms with E-state index in [0.717, 1.165) is 24.9 Å². The van der Waals surface area contributed by atoms with Gasteiger partial charge in [0.1, 0.15) is 12.6 Å². The third kappa shape index (κ3) is 3.30. The number of esters is 1. The van der Waals surface area contributed by atoms with Crippen molar-refractivity contribution in [1.29, 1.82) is 0 Å². The summed E-state index contributed by atoms with van der Waals surface area (Å²) in [4.78, 5) is 26.5. The maximum atomic E-state index is 12.4. The lowest BCUT2D eigenvalue weighted by molar-refractivity contribution is -0.156. The summed E-state index contributed by atoms with van der Waals surface area (Å²) < 4.78 is 5.43. The van der Waals surface area contributed by atoms with Crippen LogP contribution in [0.5, 0.6) is 0 Å². The van der Waals surface area contributed by atoms with Crippen molar-refractivity contribution in [2.45, 2.75) is 44.4 Å². The first-order chi connectivity index (χ1) is 10.8. The van der Waals surface area contributed by atoms with E-state index in [1.54, 1.807) is 4.90 Å². The maximum absolute atomic E-state index is 12.4. The first-order valence-corrected chi connectivity index (χ1v) is 7.98. The highest BCUT2D eigenvalue weighted by atomic mass is 16.5. The van der Waals surface area contributed by atoms with Gasteiger partial charge in [-0.25, -0.2) is 4.79 Å². The van der Waals surface area contributed by atoms with Crippen LogP contribution in [-0.2, 0) is 20.9 Å². The van der Waals surface area contributed by atoms with Gasteiger partial charge in [0.15, 0.2) is 0 Å². The van der Waals surface area contributed by atoms with Crippen LogP contribution in [0.15, 0.2) is 30.3 Å². The van der Waals surface area contributed by atoms with E-state index in [9.17, 15) is 9.59 Å². The van der Waals surface area contributed by atoms with Crippen LogP contribution in [-0.4, -0.2) is 41.9 Å². The quantitative estimate of drug-likeness (QED) is 0.859. The highest BCUT2D eigenvalue weighted by molar-refractivity contribution is 5.85. The second-order valence-electron chi connectivity index (χ2n) is 5.93. The molecule has 0 saturated carbocycles. The molecule has 0 aliphatic carbocycles. The van der Waals surface area contributed by atoms with Crippen LogP contribution in [0.2, 0.25) is 0 Å². The van der Waals surface area contributed by atoms with Gasteiger partial charge in [-0.1, -0.05) is 30.3 Å². The number of carbonyl (C=O) groups excluding carboxylic acids is 2. The fraction of sp³-hybridized carbons (Fsp3) is 0.529. The molecule has 3 rings (SSSR count). The summed E-state index contributed by atoms with van der Waals surface area (Å²) in [6.07, 6.45) is 2.97. The van der Waals surface area contributed by atoms with Gasteiger partial charge in [-0.15, -0.1) is 0 Å². The van der Waals surface area contributed by atoms with E-state index in [4.69, 9.17) is 4.74 Å². The van der Waals surface area contributed by atoms with Crippen molar-refractivity contribution in [2.24, 2.45) is 0 Å². The molecule has 2 fully saturated rings. The second kappa shape index (κ2) is 6.92. The Balaban J connectivity index is 1.63. The summed E-state index contributed by atoms with van der Waals surface area (Å²) in [7, 11) is 0. The summed E-state index contributed by atoms with van der Waals surface area (Å²) in [5, 5.41) is 3.26. The predicted molar refractivity (Wildman–Crippen MR) is 82.0 cm³/mol.